The van der Waals surface area contributed by atoms with Crippen molar-refractivity contribution in [2.75, 3.05) is 0 Å². The predicted molar refractivity (Wildman–Crippen MR) is 75.9 cm³/mol. The average Bonchev–Trinajstić information content (AvgIpc) is 2.38. The molecule has 0 unspecified atom stereocenters. The van der Waals surface area contributed by atoms with E-state index < -0.39 is 17.4 Å². The molecule has 0 saturated heterocycles. The van der Waals surface area contributed by atoms with Crippen LogP contribution >= 0.6 is 34.8 Å². The number of carbonyl (C=O) groups is 1. The number of carbonyl (C=O) groups excluding carboxylic acids is 1. The van der Waals surface area contributed by atoms with Crippen molar-refractivity contribution >= 4 is 40.6 Å². The van der Waals surface area contributed by atoms with Gasteiger partial charge in [-0.05, 0) is 35.9 Å². The second kappa shape index (κ2) is 6.08. The van der Waals surface area contributed by atoms with Crippen molar-refractivity contribution in [1.29, 1.82) is 0 Å². The summed E-state index contributed by atoms with van der Waals surface area (Å²) in [6.07, 6.45) is -0.183. The normalized spacial score (nSPS) is 10.7. The molecule has 2 rings (SSSR count). The predicted octanol–water partition coefficient (Wildman–Crippen LogP) is 5.35. The second-order valence-electron chi connectivity index (χ2n) is 4.08. The lowest BCUT2D eigenvalue weighted by molar-refractivity contribution is 0.0988. The molecule has 1 nitrogen and oxygen atoms in total. The minimum Gasteiger partial charge on any atom is -0.294 e. The maximum atomic E-state index is 13.6. The first-order chi connectivity index (χ1) is 9.38. The Bertz CT molecular complexity index is 686. The number of rotatable bonds is 3. The molecule has 0 aliphatic rings. The van der Waals surface area contributed by atoms with Gasteiger partial charge in [-0.25, -0.2) is 8.78 Å². The topological polar surface area (TPSA) is 17.1 Å². The molecule has 0 amide bonds. The van der Waals surface area contributed by atoms with Crippen LogP contribution in [-0.2, 0) is 6.42 Å². The zero-order valence-electron chi connectivity index (χ0n) is 9.89. The molecule has 0 fully saturated rings. The number of ketones is 1. The minimum absolute atomic E-state index is 0.183. The van der Waals surface area contributed by atoms with Crippen LogP contribution in [-0.4, -0.2) is 5.78 Å². The Morgan fingerprint density at radius 2 is 1.65 bits per heavy atom. The first-order valence-electron chi connectivity index (χ1n) is 5.50. The largest absolute Gasteiger partial charge is 0.294 e. The van der Waals surface area contributed by atoms with Crippen LogP contribution in [0.25, 0.3) is 0 Å². The summed E-state index contributed by atoms with van der Waals surface area (Å²) < 4.78 is 26.9. The molecule has 2 aromatic rings. The van der Waals surface area contributed by atoms with Crippen LogP contribution in [0.4, 0.5) is 8.78 Å². The van der Waals surface area contributed by atoms with Crippen molar-refractivity contribution in [3.8, 4) is 0 Å². The molecular formula is C14H7Cl3F2O. The number of hydrogen-bond acceptors (Lipinski definition) is 1. The van der Waals surface area contributed by atoms with Gasteiger partial charge in [-0.3, -0.25) is 4.79 Å². The third kappa shape index (κ3) is 3.29. The maximum absolute atomic E-state index is 13.6. The van der Waals surface area contributed by atoms with Crippen molar-refractivity contribution in [3.05, 3.63) is 68.2 Å². The van der Waals surface area contributed by atoms with E-state index in [9.17, 15) is 13.6 Å². The highest BCUT2D eigenvalue weighted by molar-refractivity contribution is 6.33. The van der Waals surface area contributed by atoms with Gasteiger partial charge in [-0.15, -0.1) is 0 Å². The highest BCUT2D eigenvalue weighted by Crippen LogP contribution is 2.24. The third-order valence-corrected chi connectivity index (χ3v) is 3.56. The summed E-state index contributed by atoms with van der Waals surface area (Å²) in [5.74, 6) is -2.34. The molecule has 0 aliphatic heterocycles. The molecule has 0 N–H and O–H groups in total. The quantitative estimate of drug-likeness (QED) is 0.546. The fourth-order valence-corrected chi connectivity index (χ4v) is 2.21. The van der Waals surface area contributed by atoms with Crippen molar-refractivity contribution in [2.45, 2.75) is 6.42 Å². The summed E-state index contributed by atoms with van der Waals surface area (Å²) in [5, 5.41) is 0.359. The Hall–Kier alpha value is -1.16. The molecule has 0 bridgehead atoms. The van der Waals surface area contributed by atoms with Gasteiger partial charge in [0.15, 0.2) is 5.78 Å². The van der Waals surface area contributed by atoms with E-state index in [2.05, 4.69) is 0 Å². The summed E-state index contributed by atoms with van der Waals surface area (Å²) in [5.41, 5.74) is 0.0712. The molecule has 0 atom stereocenters. The highest BCUT2D eigenvalue weighted by Gasteiger charge is 2.17. The van der Waals surface area contributed by atoms with Crippen LogP contribution < -0.4 is 0 Å². The van der Waals surface area contributed by atoms with E-state index >= 15 is 0 Å². The molecule has 2 aromatic carbocycles. The lowest BCUT2D eigenvalue weighted by Crippen LogP contribution is -2.07. The number of halogens is 5. The summed E-state index contributed by atoms with van der Waals surface area (Å²) in [4.78, 5) is 12.0. The highest BCUT2D eigenvalue weighted by atomic mass is 35.5. The average molecular weight is 336 g/mol. The maximum Gasteiger partial charge on any atom is 0.170 e. The van der Waals surface area contributed by atoms with E-state index in [0.29, 0.717) is 15.6 Å². The van der Waals surface area contributed by atoms with Crippen molar-refractivity contribution < 1.29 is 13.6 Å². The lowest BCUT2D eigenvalue weighted by Gasteiger charge is -2.06. The molecule has 104 valence electrons. The van der Waals surface area contributed by atoms with Crippen LogP contribution in [0.3, 0.4) is 0 Å². The van der Waals surface area contributed by atoms with Crippen molar-refractivity contribution in [2.24, 2.45) is 0 Å². The molecule has 0 aromatic heterocycles. The van der Waals surface area contributed by atoms with Crippen LogP contribution in [0.1, 0.15) is 15.9 Å². The Balaban J connectivity index is 2.33. The number of hydrogen-bond donors (Lipinski definition) is 0. The van der Waals surface area contributed by atoms with Crippen LogP contribution in [0.15, 0.2) is 30.3 Å². The van der Waals surface area contributed by atoms with Crippen LogP contribution in [0.5, 0.6) is 0 Å². The molecule has 0 saturated carbocycles. The van der Waals surface area contributed by atoms with Gasteiger partial charge in [0, 0.05) is 16.5 Å². The van der Waals surface area contributed by atoms with E-state index in [1.807, 2.05) is 0 Å². The zero-order chi connectivity index (χ0) is 14.9. The number of benzene rings is 2. The molecule has 0 spiro atoms. The second-order valence-corrected chi connectivity index (χ2v) is 5.33. The molecule has 20 heavy (non-hydrogen) atoms. The lowest BCUT2D eigenvalue weighted by atomic mass is 10.0. The Kier molecular flexibility index (Phi) is 4.63. The zero-order valence-corrected chi connectivity index (χ0v) is 12.2. The van der Waals surface area contributed by atoms with Gasteiger partial charge in [0.2, 0.25) is 0 Å². The molecular weight excluding hydrogens is 329 g/mol. The summed E-state index contributed by atoms with van der Waals surface area (Å²) in [7, 11) is 0. The fraction of sp³-hybridized carbons (Fsp3) is 0.0714. The summed E-state index contributed by atoms with van der Waals surface area (Å²) >= 11 is 17.2. The van der Waals surface area contributed by atoms with E-state index in [1.165, 1.54) is 12.1 Å². The van der Waals surface area contributed by atoms with E-state index in [1.54, 1.807) is 6.07 Å². The Labute approximate surface area is 129 Å². The van der Waals surface area contributed by atoms with E-state index in [-0.39, 0.29) is 17.0 Å². The monoisotopic (exact) mass is 334 g/mol. The van der Waals surface area contributed by atoms with Gasteiger partial charge >= 0.3 is 0 Å². The van der Waals surface area contributed by atoms with E-state index in [0.717, 1.165) is 12.1 Å². The summed E-state index contributed by atoms with van der Waals surface area (Å²) in [6.45, 7) is 0. The standard InChI is InChI=1S/C14H7Cl3F2O/c15-8-1-2-10(16)7(3-8)4-14(20)9-5-13(19)11(17)6-12(9)18/h1-3,5-6H,4H2. The van der Waals surface area contributed by atoms with Gasteiger partial charge in [-0.2, -0.15) is 0 Å². The summed E-state index contributed by atoms with van der Waals surface area (Å²) in [6, 6.07) is 6.15. The van der Waals surface area contributed by atoms with Gasteiger partial charge in [0.25, 0.3) is 0 Å². The first kappa shape index (κ1) is 15.2. The van der Waals surface area contributed by atoms with Crippen LogP contribution in [0, 0.1) is 11.6 Å². The first-order valence-corrected chi connectivity index (χ1v) is 6.63. The van der Waals surface area contributed by atoms with Gasteiger partial charge in [-0.1, -0.05) is 34.8 Å². The van der Waals surface area contributed by atoms with Gasteiger partial charge in [0.1, 0.15) is 11.6 Å². The van der Waals surface area contributed by atoms with Gasteiger partial charge < -0.3 is 0 Å². The third-order valence-electron chi connectivity index (χ3n) is 2.67. The smallest absolute Gasteiger partial charge is 0.170 e. The van der Waals surface area contributed by atoms with E-state index in [4.69, 9.17) is 34.8 Å². The molecule has 0 radical (unpaired) electrons. The fourth-order valence-electron chi connectivity index (χ4n) is 1.68. The SMILES string of the molecule is O=C(Cc1cc(Cl)ccc1Cl)c1cc(F)c(Cl)cc1F. The van der Waals surface area contributed by atoms with Crippen molar-refractivity contribution in [1.82, 2.24) is 0 Å². The Morgan fingerprint density at radius 1 is 0.950 bits per heavy atom. The molecule has 0 aliphatic carbocycles. The van der Waals surface area contributed by atoms with Crippen LogP contribution in [0.2, 0.25) is 15.1 Å². The molecule has 6 heteroatoms. The van der Waals surface area contributed by atoms with Crippen molar-refractivity contribution in [3.63, 3.8) is 0 Å². The number of Topliss-reactive ketones (excluding diaryl/α,β-unsaturated/α-hetero) is 1. The molecule has 0 heterocycles. The Morgan fingerprint density at radius 3 is 2.35 bits per heavy atom. The van der Waals surface area contributed by atoms with Gasteiger partial charge in [0.05, 0.1) is 10.6 Å². The minimum atomic E-state index is -0.875.